The minimum Gasteiger partial charge on any atom is -0.496 e. The van der Waals surface area contributed by atoms with E-state index in [0.717, 1.165) is 6.07 Å². The maximum atomic E-state index is 14.5. The highest BCUT2D eigenvalue weighted by Gasteiger charge is 2.16. The highest BCUT2D eigenvalue weighted by molar-refractivity contribution is 5.89. The Bertz CT molecular complexity index is 1410. The Morgan fingerprint density at radius 3 is 2.70 bits per heavy atom. The fraction of sp³-hybridized carbons (Fsp3) is 0.130. The monoisotopic (exact) mass is 449 g/mol. The van der Waals surface area contributed by atoms with Gasteiger partial charge in [-0.1, -0.05) is 6.07 Å². The van der Waals surface area contributed by atoms with Crippen LogP contribution in [-0.2, 0) is 6.54 Å². The molecule has 0 aliphatic carbocycles. The fourth-order valence-corrected chi connectivity index (χ4v) is 3.57. The van der Waals surface area contributed by atoms with Crippen LogP contribution in [0.1, 0.15) is 16.1 Å². The first kappa shape index (κ1) is 21.7. The van der Waals surface area contributed by atoms with Crippen molar-refractivity contribution < 1.29 is 23.4 Å². The number of methoxy groups -OCH3 is 1. The molecule has 4 rings (SSSR count). The van der Waals surface area contributed by atoms with Crippen LogP contribution in [0.5, 0.6) is 5.75 Å². The summed E-state index contributed by atoms with van der Waals surface area (Å²) in [5.74, 6) is -1.79. The van der Waals surface area contributed by atoms with Gasteiger partial charge in [0.2, 0.25) is 0 Å². The normalized spacial score (nSPS) is 10.7. The molecule has 0 amide bonds. The van der Waals surface area contributed by atoms with E-state index in [0.29, 0.717) is 34.8 Å². The third-order valence-corrected chi connectivity index (χ3v) is 5.11. The SMILES string of the molecule is COc1ccc(F)c2c1cc(C#N)n2CCNc1cc(-c2ccc(C(=O)O)c(F)c2)ncn1. The molecule has 8 nitrogen and oxygen atoms in total. The lowest BCUT2D eigenvalue weighted by atomic mass is 10.1. The maximum Gasteiger partial charge on any atom is 0.338 e. The van der Waals surface area contributed by atoms with Crippen molar-refractivity contribution in [2.45, 2.75) is 6.54 Å². The Hall–Kier alpha value is -4.52. The van der Waals surface area contributed by atoms with Crippen LogP contribution >= 0.6 is 0 Å². The number of carboxylic acid groups (broad SMARTS) is 1. The molecule has 0 saturated heterocycles. The summed E-state index contributed by atoms with van der Waals surface area (Å²) >= 11 is 0. The van der Waals surface area contributed by atoms with Gasteiger partial charge in [0.25, 0.3) is 0 Å². The molecule has 10 heteroatoms. The number of anilines is 1. The molecule has 0 unspecified atom stereocenters. The van der Waals surface area contributed by atoms with E-state index in [2.05, 4.69) is 21.4 Å². The zero-order valence-electron chi connectivity index (χ0n) is 17.3. The van der Waals surface area contributed by atoms with E-state index in [9.17, 15) is 18.8 Å². The van der Waals surface area contributed by atoms with Crippen LogP contribution in [-0.4, -0.2) is 39.3 Å². The Labute approximate surface area is 186 Å². The predicted octanol–water partition coefficient (Wildman–Crippen LogP) is 4.07. The van der Waals surface area contributed by atoms with Crippen LogP contribution in [0.15, 0.2) is 48.8 Å². The number of hydrogen-bond donors (Lipinski definition) is 2. The molecular formula is C23H17F2N5O3. The van der Waals surface area contributed by atoms with Crippen molar-refractivity contribution in [3.05, 3.63) is 71.7 Å². The summed E-state index contributed by atoms with van der Waals surface area (Å²) in [5.41, 5.74) is 0.906. The number of carbonyl (C=O) groups is 1. The summed E-state index contributed by atoms with van der Waals surface area (Å²) in [5, 5.41) is 22.0. The number of halogens is 2. The summed E-state index contributed by atoms with van der Waals surface area (Å²) in [6.45, 7) is 0.565. The number of nitriles is 1. The molecule has 4 aromatic rings. The van der Waals surface area contributed by atoms with E-state index in [1.165, 1.54) is 37.7 Å². The van der Waals surface area contributed by atoms with Gasteiger partial charge in [-0.3, -0.25) is 0 Å². The van der Waals surface area contributed by atoms with Crippen molar-refractivity contribution in [3.8, 4) is 23.1 Å². The van der Waals surface area contributed by atoms with Gasteiger partial charge < -0.3 is 19.7 Å². The summed E-state index contributed by atoms with van der Waals surface area (Å²) in [6.07, 6.45) is 1.29. The lowest BCUT2D eigenvalue weighted by Gasteiger charge is -2.11. The Kier molecular flexibility index (Phi) is 5.87. The number of nitrogens with one attached hydrogen (secondary N) is 1. The second-order valence-electron chi connectivity index (χ2n) is 7.02. The average molecular weight is 449 g/mol. The molecule has 0 radical (unpaired) electrons. The largest absolute Gasteiger partial charge is 0.496 e. The molecule has 0 bridgehead atoms. The van der Waals surface area contributed by atoms with E-state index in [1.807, 2.05) is 0 Å². The summed E-state index contributed by atoms with van der Waals surface area (Å²) in [6, 6.07) is 11.8. The summed E-state index contributed by atoms with van der Waals surface area (Å²) in [4.78, 5) is 19.2. The van der Waals surface area contributed by atoms with Crippen LogP contribution in [0.25, 0.3) is 22.2 Å². The molecule has 0 spiro atoms. The van der Waals surface area contributed by atoms with Crippen LogP contribution in [0.2, 0.25) is 0 Å². The number of carboxylic acids is 1. The molecule has 33 heavy (non-hydrogen) atoms. The van der Waals surface area contributed by atoms with E-state index < -0.39 is 23.2 Å². The number of nitrogens with zero attached hydrogens (tertiary/aromatic N) is 4. The highest BCUT2D eigenvalue weighted by Crippen LogP contribution is 2.31. The van der Waals surface area contributed by atoms with Crippen LogP contribution in [0.3, 0.4) is 0 Å². The van der Waals surface area contributed by atoms with Gasteiger partial charge in [0.05, 0.1) is 23.9 Å². The molecule has 0 aliphatic heterocycles. The standard InChI is InChI=1S/C23H17F2N5O3/c1-33-20-5-4-17(24)22-16(20)9-14(11-26)30(22)7-6-27-21-10-19(28-12-29-21)13-2-3-15(23(31)32)18(25)8-13/h2-5,8-10,12H,6-7H2,1H3,(H,31,32)(H,27,28,29). The molecule has 2 N–H and O–H groups in total. The maximum absolute atomic E-state index is 14.5. The van der Waals surface area contributed by atoms with Gasteiger partial charge in [-0.15, -0.1) is 0 Å². The number of benzene rings is 2. The molecule has 0 atom stereocenters. The lowest BCUT2D eigenvalue weighted by Crippen LogP contribution is -2.13. The molecule has 0 aliphatic rings. The summed E-state index contributed by atoms with van der Waals surface area (Å²) < 4.78 is 35.4. The fourth-order valence-electron chi connectivity index (χ4n) is 3.57. The second-order valence-corrected chi connectivity index (χ2v) is 7.02. The first-order chi connectivity index (χ1) is 15.9. The average Bonchev–Trinajstić information content (AvgIpc) is 3.19. The van der Waals surface area contributed by atoms with E-state index in [4.69, 9.17) is 9.84 Å². The highest BCUT2D eigenvalue weighted by atomic mass is 19.1. The van der Waals surface area contributed by atoms with Crippen LogP contribution in [0, 0.1) is 23.0 Å². The van der Waals surface area contributed by atoms with Crippen molar-refractivity contribution in [1.29, 1.82) is 5.26 Å². The molecule has 2 aromatic heterocycles. The zero-order valence-corrected chi connectivity index (χ0v) is 17.3. The predicted molar refractivity (Wildman–Crippen MR) is 116 cm³/mol. The van der Waals surface area contributed by atoms with Gasteiger partial charge in [-0.25, -0.2) is 23.5 Å². The quantitative estimate of drug-likeness (QED) is 0.437. The number of ether oxygens (including phenoxy) is 1. The number of aromatic nitrogens is 3. The van der Waals surface area contributed by atoms with Crippen molar-refractivity contribution in [1.82, 2.24) is 14.5 Å². The van der Waals surface area contributed by atoms with Crippen LogP contribution < -0.4 is 10.1 Å². The van der Waals surface area contributed by atoms with Crippen molar-refractivity contribution in [2.24, 2.45) is 0 Å². The summed E-state index contributed by atoms with van der Waals surface area (Å²) in [7, 11) is 1.48. The van der Waals surface area contributed by atoms with Crippen molar-refractivity contribution >= 4 is 22.7 Å². The number of hydrogen-bond acceptors (Lipinski definition) is 6. The van der Waals surface area contributed by atoms with Gasteiger partial charge in [0, 0.05) is 30.1 Å². The van der Waals surface area contributed by atoms with E-state index >= 15 is 0 Å². The Balaban J connectivity index is 1.55. The third-order valence-electron chi connectivity index (χ3n) is 5.11. The lowest BCUT2D eigenvalue weighted by molar-refractivity contribution is 0.0692. The number of aromatic carboxylic acids is 1. The van der Waals surface area contributed by atoms with Gasteiger partial charge in [-0.2, -0.15) is 5.26 Å². The molecule has 0 fully saturated rings. The van der Waals surface area contributed by atoms with Crippen molar-refractivity contribution in [3.63, 3.8) is 0 Å². The Morgan fingerprint density at radius 2 is 2.00 bits per heavy atom. The minimum atomic E-state index is -1.35. The van der Waals surface area contributed by atoms with Crippen LogP contribution in [0.4, 0.5) is 14.6 Å². The molecule has 0 saturated carbocycles. The van der Waals surface area contributed by atoms with Gasteiger partial charge in [-0.05, 0) is 30.3 Å². The third kappa shape index (κ3) is 4.16. The van der Waals surface area contributed by atoms with E-state index in [1.54, 1.807) is 16.7 Å². The van der Waals surface area contributed by atoms with Gasteiger partial charge >= 0.3 is 5.97 Å². The Morgan fingerprint density at radius 1 is 1.18 bits per heavy atom. The molecule has 166 valence electrons. The van der Waals surface area contributed by atoms with E-state index in [-0.39, 0.29) is 17.8 Å². The smallest absolute Gasteiger partial charge is 0.338 e. The van der Waals surface area contributed by atoms with Gasteiger partial charge in [0.1, 0.15) is 41.3 Å². The molecule has 2 aromatic carbocycles. The topological polar surface area (TPSA) is 113 Å². The molecule has 2 heterocycles. The second kappa shape index (κ2) is 8.92. The first-order valence-corrected chi connectivity index (χ1v) is 9.78. The van der Waals surface area contributed by atoms with Gasteiger partial charge in [0.15, 0.2) is 0 Å². The zero-order chi connectivity index (χ0) is 23.5. The molecular weight excluding hydrogens is 432 g/mol. The number of fused-ring (bicyclic) bond motifs is 1. The minimum absolute atomic E-state index is 0.262. The first-order valence-electron chi connectivity index (χ1n) is 9.78. The van der Waals surface area contributed by atoms with Crippen molar-refractivity contribution in [2.75, 3.05) is 19.0 Å². The number of rotatable bonds is 7.